The third-order valence-corrected chi connectivity index (χ3v) is 6.59. The molecular weight excluding hydrogens is 386 g/mol. The normalized spacial score (nSPS) is 12.1. The van der Waals surface area contributed by atoms with Crippen LogP contribution in [0.5, 0.6) is 0 Å². The van der Waals surface area contributed by atoms with Gasteiger partial charge in [0.25, 0.3) is 0 Å². The molecule has 32 heavy (non-hydrogen) atoms. The minimum absolute atomic E-state index is 1.15. The molecule has 1 nitrogen and oxygen atoms in total. The lowest BCUT2D eigenvalue weighted by Crippen LogP contribution is -2.09. The molecule has 0 saturated carbocycles. The van der Waals surface area contributed by atoms with Crippen LogP contribution in [-0.4, -0.2) is 0 Å². The maximum Gasteiger partial charge on any atom is 0.0461 e. The summed E-state index contributed by atoms with van der Waals surface area (Å²) in [4.78, 5) is 2.32. The van der Waals surface area contributed by atoms with Crippen LogP contribution in [0, 0.1) is 0 Å². The maximum absolute atomic E-state index is 2.43. The van der Waals surface area contributed by atoms with Crippen molar-refractivity contribution in [1.29, 1.82) is 0 Å². The average Bonchev–Trinajstić information content (AvgIpc) is 2.83. The van der Waals surface area contributed by atoms with Crippen molar-refractivity contribution in [2.75, 3.05) is 4.90 Å². The van der Waals surface area contributed by atoms with Crippen LogP contribution in [0.1, 0.15) is 41.5 Å². The summed E-state index contributed by atoms with van der Waals surface area (Å²) >= 11 is 0. The van der Waals surface area contributed by atoms with Crippen molar-refractivity contribution in [3.8, 4) is 0 Å². The van der Waals surface area contributed by atoms with Gasteiger partial charge in [-0.1, -0.05) is 73.2 Å². The molecule has 1 aliphatic carbocycles. The molecule has 0 bridgehead atoms. The molecule has 0 saturated heterocycles. The zero-order chi connectivity index (χ0) is 21.6. The summed E-state index contributed by atoms with van der Waals surface area (Å²) in [6.45, 7) is 0. The van der Waals surface area contributed by atoms with Crippen molar-refractivity contribution in [2.24, 2.45) is 0 Å². The van der Waals surface area contributed by atoms with Gasteiger partial charge in [0.15, 0.2) is 0 Å². The van der Waals surface area contributed by atoms with Crippen molar-refractivity contribution < 1.29 is 0 Å². The van der Waals surface area contributed by atoms with Crippen molar-refractivity contribution in [1.82, 2.24) is 0 Å². The van der Waals surface area contributed by atoms with Crippen LogP contribution in [0.4, 0.5) is 17.1 Å². The lowest BCUT2D eigenvalue weighted by molar-refractivity contribution is 0.677. The van der Waals surface area contributed by atoms with E-state index in [-0.39, 0.29) is 0 Å². The summed E-state index contributed by atoms with van der Waals surface area (Å²) in [5, 5.41) is 0. The largest absolute Gasteiger partial charge is 0.311 e. The fourth-order valence-electron chi connectivity index (χ4n) is 4.65. The van der Waals surface area contributed by atoms with E-state index in [1.165, 1.54) is 66.7 Å². The Morgan fingerprint density at radius 2 is 1.00 bits per heavy atom. The molecule has 5 rings (SSSR count). The number of hydrogen-bond donors (Lipinski definition) is 0. The molecule has 0 atom stereocenters. The van der Waals surface area contributed by atoms with Crippen LogP contribution in [0.15, 0.2) is 103 Å². The van der Waals surface area contributed by atoms with Gasteiger partial charge in [0.1, 0.15) is 0 Å². The second-order valence-electron chi connectivity index (χ2n) is 8.84. The number of para-hydroxylation sites is 2. The van der Waals surface area contributed by atoms with Crippen LogP contribution >= 0.6 is 0 Å². The van der Waals surface area contributed by atoms with Crippen LogP contribution in [-0.2, 0) is 25.7 Å². The smallest absolute Gasteiger partial charge is 0.0461 e. The molecule has 4 aromatic rings. The van der Waals surface area contributed by atoms with Crippen molar-refractivity contribution in [2.45, 2.75) is 44.9 Å². The van der Waals surface area contributed by atoms with Gasteiger partial charge in [-0.3, -0.25) is 0 Å². The highest BCUT2D eigenvalue weighted by Crippen LogP contribution is 2.34. The second-order valence-corrected chi connectivity index (χ2v) is 8.84. The van der Waals surface area contributed by atoms with E-state index in [1.54, 1.807) is 11.1 Å². The zero-order valence-electron chi connectivity index (χ0n) is 18.7. The van der Waals surface area contributed by atoms with Gasteiger partial charge in [0.05, 0.1) is 0 Å². The Kier molecular flexibility index (Phi) is 6.35. The van der Waals surface area contributed by atoms with E-state index in [1.807, 2.05) is 0 Å². The third-order valence-electron chi connectivity index (χ3n) is 6.59. The van der Waals surface area contributed by atoms with Crippen LogP contribution < -0.4 is 4.90 Å². The summed E-state index contributed by atoms with van der Waals surface area (Å²) in [6.07, 6.45) is 8.77. The number of nitrogens with zero attached hydrogens (tertiary/aromatic N) is 1. The van der Waals surface area contributed by atoms with Crippen molar-refractivity contribution >= 4 is 17.1 Å². The highest BCUT2D eigenvalue weighted by molar-refractivity contribution is 5.76. The van der Waals surface area contributed by atoms with E-state index in [0.29, 0.717) is 0 Å². The average molecular weight is 418 g/mol. The first-order valence-electron chi connectivity index (χ1n) is 12.0. The Labute approximate surface area is 192 Å². The molecule has 0 spiro atoms. The van der Waals surface area contributed by atoms with Crippen LogP contribution in [0.2, 0.25) is 0 Å². The summed E-state index contributed by atoms with van der Waals surface area (Å²) in [5.41, 5.74) is 9.67. The van der Waals surface area contributed by atoms with Gasteiger partial charge >= 0.3 is 0 Å². The summed E-state index contributed by atoms with van der Waals surface area (Å²) in [5.74, 6) is 0. The lowest BCUT2D eigenvalue weighted by atomic mass is 9.86. The van der Waals surface area contributed by atoms with E-state index < -0.39 is 0 Å². The van der Waals surface area contributed by atoms with Gasteiger partial charge < -0.3 is 4.90 Å². The summed E-state index contributed by atoms with van der Waals surface area (Å²) in [7, 11) is 0. The van der Waals surface area contributed by atoms with Crippen LogP contribution in [0.25, 0.3) is 0 Å². The Hall–Kier alpha value is -3.32. The monoisotopic (exact) mass is 417 g/mol. The highest BCUT2D eigenvalue weighted by atomic mass is 15.1. The van der Waals surface area contributed by atoms with Gasteiger partial charge in [-0.15, -0.1) is 0 Å². The predicted molar refractivity (Wildman–Crippen MR) is 136 cm³/mol. The fraction of sp³-hybridized carbons (Fsp3) is 0.226. The van der Waals surface area contributed by atoms with Gasteiger partial charge in [-0.25, -0.2) is 0 Å². The van der Waals surface area contributed by atoms with E-state index in [4.69, 9.17) is 0 Å². The molecule has 1 heteroatoms. The number of fused-ring (bicyclic) bond motifs is 1. The minimum Gasteiger partial charge on any atom is -0.311 e. The molecule has 160 valence electrons. The van der Waals surface area contributed by atoms with Gasteiger partial charge in [-0.2, -0.15) is 0 Å². The molecule has 0 unspecified atom stereocenters. The van der Waals surface area contributed by atoms with Crippen LogP contribution in [0.3, 0.4) is 0 Å². The number of aryl methyl sites for hydroxylation is 4. The first-order chi connectivity index (χ1) is 15.9. The molecule has 0 aliphatic heterocycles. The topological polar surface area (TPSA) is 3.24 Å². The number of unbranched alkanes of at least 4 members (excludes halogenated alkanes) is 2. The number of hydrogen-bond acceptors (Lipinski definition) is 1. The number of rotatable bonds is 9. The first kappa shape index (κ1) is 20.6. The van der Waals surface area contributed by atoms with Gasteiger partial charge in [0.2, 0.25) is 0 Å². The van der Waals surface area contributed by atoms with E-state index in [2.05, 4.69) is 108 Å². The van der Waals surface area contributed by atoms with Gasteiger partial charge in [0, 0.05) is 17.1 Å². The Bertz CT molecular complexity index is 1090. The molecule has 0 N–H and O–H groups in total. The SMILES string of the molecule is c1ccc(N(c2ccccc2)c2ccc(CCCCCc3ccc4c(c3)CC4)cc2)cc1. The third kappa shape index (κ3) is 4.78. The fourth-order valence-corrected chi connectivity index (χ4v) is 4.65. The van der Waals surface area contributed by atoms with Crippen molar-refractivity contribution in [3.63, 3.8) is 0 Å². The summed E-state index contributed by atoms with van der Waals surface area (Å²) < 4.78 is 0. The van der Waals surface area contributed by atoms with E-state index in [9.17, 15) is 0 Å². The molecule has 0 amide bonds. The molecule has 4 aromatic carbocycles. The Balaban J connectivity index is 1.18. The molecule has 0 heterocycles. The van der Waals surface area contributed by atoms with Gasteiger partial charge in [-0.05, 0) is 97.2 Å². The minimum atomic E-state index is 1.15. The molecular formula is C31H31N. The quantitative estimate of drug-likeness (QED) is 0.248. The predicted octanol–water partition coefficient (Wildman–Crippen LogP) is 8.21. The molecule has 0 fully saturated rings. The second kappa shape index (κ2) is 9.87. The Morgan fingerprint density at radius 1 is 0.469 bits per heavy atom. The standard InChI is InChI=1S/C31H31N/c1(5-11-26-16-19-27-20-21-28(27)24-26)4-10-25-17-22-31(23-18-25)32(29-12-6-2-7-13-29)30-14-8-3-9-15-30/h2-3,6-9,12-19,22-24H,1,4-5,10-11,20-21H2. The zero-order valence-corrected chi connectivity index (χ0v) is 18.7. The summed E-state index contributed by atoms with van der Waals surface area (Å²) in [6, 6.07) is 37.4. The maximum atomic E-state index is 2.43. The van der Waals surface area contributed by atoms with E-state index in [0.717, 1.165) is 6.42 Å². The number of benzene rings is 4. The Morgan fingerprint density at radius 3 is 1.56 bits per heavy atom. The number of anilines is 3. The first-order valence-corrected chi connectivity index (χ1v) is 12.0. The highest BCUT2D eigenvalue weighted by Gasteiger charge is 2.13. The molecule has 0 radical (unpaired) electrons. The lowest BCUT2D eigenvalue weighted by Gasteiger charge is -2.25. The molecule has 0 aromatic heterocycles. The van der Waals surface area contributed by atoms with Crippen molar-refractivity contribution in [3.05, 3.63) is 125 Å². The van der Waals surface area contributed by atoms with E-state index >= 15 is 0 Å². The molecule has 1 aliphatic rings.